The molecule has 0 radical (unpaired) electrons. The van der Waals surface area contributed by atoms with Gasteiger partial charge in [0, 0.05) is 5.41 Å². The van der Waals surface area contributed by atoms with Crippen LogP contribution in [0.2, 0.25) is 0 Å². The highest BCUT2D eigenvalue weighted by molar-refractivity contribution is 5.87. The van der Waals surface area contributed by atoms with Crippen molar-refractivity contribution in [3.63, 3.8) is 0 Å². The predicted octanol–water partition coefficient (Wildman–Crippen LogP) is 3.21. The van der Waals surface area contributed by atoms with E-state index in [1.165, 1.54) is 34.6 Å². The van der Waals surface area contributed by atoms with Gasteiger partial charge in [-0.1, -0.05) is 34.6 Å². The fourth-order valence-electron chi connectivity index (χ4n) is 1.36. The van der Waals surface area contributed by atoms with Crippen molar-refractivity contribution in [3.8, 4) is 0 Å². The fourth-order valence-corrected chi connectivity index (χ4v) is 1.36. The molecule has 136 valence electrons. The van der Waals surface area contributed by atoms with Gasteiger partial charge in [0.15, 0.2) is 0 Å². The molecule has 23 heavy (non-hydrogen) atoms. The second-order valence-electron chi connectivity index (χ2n) is 6.35. The van der Waals surface area contributed by atoms with Crippen LogP contribution in [0.15, 0.2) is 0 Å². The summed E-state index contributed by atoms with van der Waals surface area (Å²) in [5, 5.41) is 2.12. The largest absolute Gasteiger partial charge is 0.441 e. The summed E-state index contributed by atoms with van der Waals surface area (Å²) >= 11 is 0. The van der Waals surface area contributed by atoms with Gasteiger partial charge in [0.05, 0.1) is 0 Å². The maximum Gasteiger partial charge on any atom is 0.434 e. The van der Waals surface area contributed by atoms with Gasteiger partial charge in [-0.3, -0.25) is 4.79 Å². The van der Waals surface area contributed by atoms with E-state index in [4.69, 9.17) is 0 Å². The summed E-state index contributed by atoms with van der Waals surface area (Å²) < 4.78 is 78.1. The SMILES string of the molecule is CC(C)[C@H](NC(=O)C(C)(C)C)C(=O)OC(C(F)(F)F)C(F)(F)F. The van der Waals surface area contributed by atoms with Gasteiger partial charge in [-0.2, -0.15) is 26.3 Å². The minimum Gasteiger partial charge on any atom is -0.441 e. The van der Waals surface area contributed by atoms with E-state index in [0.29, 0.717) is 0 Å². The fraction of sp³-hybridized carbons (Fsp3) is 0.846. The van der Waals surface area contributed by atoms with Crippen LogP contribution in [0.4, 0.5) is 26.3 Å². The number of hydrogen-bond acceptors (Lipinski definition) is 3. The van der Waals surface area contributed by atoms with Crippen LogP contribution in [0, 0.1) is 11.3 Å². The lowest BCUT2D eigenvalue weighted by atomic mass is 9.94. The Morgan fingerprint density at radius 2 is 1.30 bits per heavy atom. The summed E-state index contributed by atoms with van der Waals surface area (Å²) in [4.78, 5) is 23.5. The Kier molecular flexibility index (Phi) is 6.51. The Morgan fingerprint density at radius 1 is 0.913 bits per heavy atom. The Balaban J connectivity index is 5.30. The first kappa shape index (κ1) is 21.5. The smallest absolute Gasteiger partial charge is 0.434 e. The van der Waals surface area contributed by atoms with Crippen LogP contribution in [0.5, 0.6) is 0 Å². The number of amides is 1. The molecule has 0 spiro atoms. The van der Waals surface area contributed by atoms with Crippen molar-refractivity contribution in [1.82, 2.24) is 5.32 Å². The lowest BCUT2D eigenvalue weighted by Crippen LogP contribution is -2.53. The molecule has 0 saturated heterocycles. The molecule has 0 aliphatic carbocycles. The van der Waals surface area contributed by atoms with Crippen molar-refractivity contribution in [3.05, 3.63) is 0 Å². The standard InChI is InChI=1S/C13H19F6NO3/c1-6(2)7(20-10(22)11(3,4)5)8(21)23-9(12(14,15)16)13(17,18)19/h6-7,9H,1-5H3,(H,20,22)/t7-/m0/s1. The van der Waals surface area contributed by atoms with E-state index in [2.05, 4.69) is 10.1 Å². The van der Waals surface area contributed by atoms with Gasteiger partial charge in [-0.25, -0.2) is 4.79 Å². The summed E-state index contributed by atoms with van der Waals surface area (Å²) in [6, 6.07) is -1.63. The van der Waals surface area contributed by atoms with Gasteiger partial charge in [-0.15, -0.1) is 0 Å². The van der Waals surface area contributed by atoms with Crippen molar-refractivity contribution in [2.75, 3.05) is 0 Å². The molecular weight excluding hydrogens is 332 g/mol. The van der Waals surface area contributed by atoms with Crippen molar-refractivity contribution >= 4 is 11.9 Å². The van der Waals surface area contributed by atoms with E-state index in [-0.39, 0.29) is 0 Å². The zero-order chi connectivity index (χ0) is 18.8. The normalized spacial score (nSPS) is 14.8. The maximum atomic E-state index is 12.4. The number of ether oxygens (including phenoxy) is 1. The van der Waals surface area contributed by atoms with Crippen LogP contribution in [-0.4, -0.2) is 36.4 Å². The number of alkyl halides is 6. The molecular formula is C13H19F6NO3. The number of rotatable bonds is 4. The summed E-state index contributed by atoms with van der Waals surface area (Å²) in [7, 11) is 0. The molecule has 0 fully saturated rings. The molecule has 1 amide bonds. The van der Waals surface area contributed by atoms with Crippen LogP contribution in [-0.2, 0) is 14.3 Å². The highest BCUT2D eigenvalue weighted by atomic mass is 19.4. The summed E-state index contributed by atoms with van der Waals surface area (Å²) in [6.45, 7) is 7.12. The third-order valence-electron chi connectivity index (χ3n) is 2.72. The zero-order valence-corrected chi connectivity index (χ0v) is 13.2. The molecule has 0 bridgehead atoms. The Hall–Kier alpha value is -1.48. The minimum atomic E-state index is -5.80. The zero-order valence-electron chi connectivity index (χ0n) is 13.2. The van der Waals surface area contributed by atoms with Crippen molar-refractivity contribution in [2.45, 2.75) is 59.1 Å². The molecule has 0 aromatic carbocycles. The lowest BCUT2D eigenvalue weighted by Gasteiger charge is -2.28. The Labute approximate surface area is 129 Å². The minimum absolute atomic E-state index is 0.705. The lowest BCUT2D eigenvalue weighted by molar-refractivity contribution is -0.314. The van der Waals surface area contributed by atoms with Gasteiger partial charge < -0.3 is 10.1 Å². The number of carbonyl (C=O) groups excluding carboxylic acids is 2. The molecule has 0 aliphatic rings. The molecule has 4 nitrogen and oxygen atoms in total. The number of halogens is 6. The van der Waals surface area contributed by atoms with Gasteiger partial charge >= 0.3 is 18.3 Å². The first-order valence-electron chi connectivity index (χ1n) is 6.62. The van der Waals surface area contributed by atoms with Crippen molar-refractivity contribution in [2.24, 2.45) is 11.3 Å². The van der Waals surface area contributed by atoms with Crippen molar-refractivity contribution in [1.29, 1.82) is 0 Å². The average molecular weight is 351 g/mol. The Morgan fingerprint density at radius 3 is 1.57 bits per heavy atom. The number of nitrogens with one attached hydrogen (secondary N) is 1. The Bertz CT molecular complexity index is 422. The van der Waals surface area contributed by atoms with E-state index in [0.717, 1.165) is 0 Å². The molecule has 0 heterocycles. The molecule has 0 aliphatic heterocycles. The van der Waals surface area contributed by atoms with Crippen LogP contribution >= 0.6 is 0 Å². The summed E-state index contributed by atoms with van der Waals surface area (Å²) in [6.07, 6.45) is -15.8. The molecule has 0 unspecified atom stereocenters. The summed E-state index contributed by atoms with van der Waals surface area (Å²) in [5.41, 5.74) is -0.985. The van der Waals surface area contributed by atoms with E-state index < -0.39 is 47.7 Å². The van der Waals surface area contributed by atoms with E-state index in [1.807, 2.05) is 0 Å². The number of carbonyl (C=O) groups is 2. The first-order valence-corrected chi connectivity index (χ1v) is 6.62. The highest BCUT2D eigenvalue weighted by Crippen LogP contribution is 2.36. The van der Waals surface area contributed by atoms with Gasteiger partial charge in [0.2, 0.25) is 5.91 Å². The molecule has 0 aromatic heterocycles. The van der Waals surface area contributed by atoms with E-state index in [9.17, 15) is 35.9 Å². The van der Waals surface area contributed by atoms with Crippen LogP contribution < -0.4 is 5.32 Å². The number of hydrogen-bond donors (Lipinski definition) is 1. The third-order valence-corrected chi connectivity index (χ3v) is 2.72. The summed E-state index contributed by atoms with van der Waals surface area (Å²) in [5.74, 6) is -3.27. The van der Waals surface area contributed by atoms with Crippen LogP contribution in [0.25, 0.3) is 0 Å². The van der Waals surface area contributed by atoms with Gasteiger partial charge in [0.1, 0.15) is 6.04 Å². The molecule has 1 atom stereocenters. The maximum absolute atomic E-state index is 12.4. The quantitative estimate of drug-likeness (QED) is 0.625. The first-order chi connectivity index (χ1) is 9.98. The average Bonchev–Trinajstić information content (AvgIpc) is 2.27. The van der Waals surface area contributed by atoms with Gasteiger partial charge in [0.25, 0.3) is 6.10 Å². The third kappa shape index (κ3) is 6.66. The monoisotopic (exact) mass is 351 g/mol. The van der Waals surface area contributed by atoms with Crippen LogP contribution in [0.1, 0.15) is 34.6 Å². The molecule has 0 saturated carbocycles. The molecule has 0 rings (SSSR count). The number of esters is 1. The molecule has 0 aromatic rings. The topological polar surface area (TPSA) is 55.4 Å². The van der Waals surface area contributed by atoms with Crippen LogP contribution in [0.3, 0.4) is 0 Å². The van der Waals surface area contributed by atoms with E-state index >= 15 is 0 Å². The van der Waals surface area contributed by atoms with E-state index in [1.54, 1.807) is 0 Å². The second kappa shape index (κ2) is 6.96. The molecule has 10 heteroatoms. The predicted molar refractivity (Wildman–Crippen MR) is 68.2 cm³/mol. The molecule has 1 N–H and O–H groups in total. The van der Waals surface area contributed by atoms with Gasteiger partial charge in [-0.05, 0) is 5.92 Å². The highest BCUT2D eigenvalue weighted by Gasteiger charge is 2.60. The van der Waals surface area contributed by atoms with Crippen molar-refractivity contribution < 1.29 is 40.7 Å². The second-order valence-corrected chi connectivity index (χ2v) is 6.35.